The van der Waals surface area contributed by atoms with Crippen LogP contribution < -0.4 is 5.73 Å². The van der Waals surface area contributed by atoms with Crippen LogP contribution in [0.4, 0.5) is 0 Å². The maximum atomic E-state index is 6.10. The third-order valence-corrected chi connectivity index (χ3v) is 6.08. The summed E-state index contributed by atoms with van der Waals surface area (Å²) in [5.41, 5.74) is 6.28. The van der Waals surface area contributed by atoms with Crippen LogP contribution >= 0.6 is 11.8 Å². The third kappa shape index (κ3) is 3.41. The lowest BCUT2D eigenvalue weighted by atomic mass is 9.88. The van der Waals surface area contributed by atoms with E-state index in [-0.39, 0.29) is 5.54 Å². The van der Waals surface area contributed by atoms with Gasteiger partial charge in [0.1, 0.15) is 0 Å². The van der Waals surface area contributed by atoms with Crippen LogP contribution in [0.25, 0.3) is 0 Å². The van der Waals surface area contributed by atoms with Crippen LogP contribution in [0.2, 0.25) is 0 Å². The molecule has 0 aromatic heterocycles. The zero-order valence-corrected chi connectivity index (χ0v) is 12.7. The van der Waals surface area contributed by atoms with Crippen molar-refractivity contribution in [1.29, 1.82) is 0 Å². The van der Waals surface area contributed by atoms with Crippen LogP contribution in [-0.2, 0) is 4.74 Å². The average Bonchev–Trinajstić information content (AvgIpc) is 3.19. The molecule has 1 aliphatic heterocycles. The number of ether oxygens (including phenoxy) is 1. The Balaban J connectivity index is 1.77. The fourth-order valence-electron chi connectivity index (χ4n) is 2.88. The molecule has 0 aromatic carbocycles. The second-order valence-electron chi connectivity index (χ2n) is 5.86. The molecular formula is C14H28N2OS. The van der Waals surface area contributed by atoms with Crippen LogP contribution in [0, 0.1) is 5.92 Å². The van der Waals surface area contributed by atoms with Gasteiger partial charge in [-0.2, -0.15) is 11.8 Å². The minimum Gasteiger partial charge on any atom is -0.380 e. The van der Waals surface area contributed by atoms with Crippen molar-refractivity contribution in [2.45, 2.75) is 43.4 Å². The summed E-state index contributed by atoms with van der Waals surface area (Å²) in [7, 11) is 2.22. The fraction of sp³-hybridized carbons (Fsp3) is 1.00. The first-order valence-corrected chi connectivity index (χ1v) is 8.34. The molecule has 1 heterocycles. The molecule has 0 spiro atoms. The van der Waals surface area contributed by atoms with E-state index in [1.165, 1.54) is 31.4 Å². The SMILES string of the molecule is CC1SCCCC1(CN)N(C)CCOCC1CC1. The van der Waals surface area contributed by atoms with E-state index in [0.717, 1.165) is 32.2 Å². The van der Waals surface area contributed by atoms with E-state index in [4.69, 9.17) is 10.5 Å². The first kappa shape index (κ1) is 14.6. The predicted octanol–water partition coefficient (Wildman–Crippen LogP) is 1.96. The molecule has 2 N–H and O–H groups in total. The Hall–Kier alpha value is 0.230. The summed E-state index contributed by atoms with van der Waals surface area (Å²) in [6.07, 6.45) is 5.27. The van der Waals surface area contributed by atoms with E-state index in [1.807, 2.05) is 0 Å². The quantitative estimate of drug-likeness (QED) is 0.719. The van der Waals surface area contributed by atoms with Gasteiger partial charge in [0, 0.05) is 30.5 Å². The van der Waals surface area contributed by atoms with Crippen LogP contribution in [0.15, 0.2) is 0 Å². The van der Waals surface area contributed by atoms with E-state index in [2.05, 4.69) is 30.6 Å². The lowest BCUT2D eigenvalue weighted by Crippen LogP contribution is -2.60. The Bertz CT molecular complexity index is 260. The van der Waals surface area contributed by atoms with Gasteiger partial charge in [-0.05, 0) is 44.4 Å². The van der Waals surface area contributed by atoms with E-state index >= 15 is 0 Å². The number of thioether (sulfide) groups is 1. The van der Waals surface area contributed by atoms with Gasteiger partial charge in [-0.3, -0.25) is 4.90 Å². The van der Waals surface area contributed by atoms with Crippen molar-refractivity contribution >= 4 is 11.8 Å². The van der Waals surface area contributed by atoms with Gasteiger partial charge in [0.2, 0.25) is 0 Å². The van der Waals surface area contributed by atoms with Gasteiger partial charge in [-0.25, -0.2) is 0 Å². The molecule has 0 aromatic rings. The maximum Gasteiger partial charge on any atom is 0.0593 e. The number of likely N-dealkylation sites (N-methyl/N-ethyl adjacent to an activating group) is 1. The van der Waals surface area contributed by atoms with Gasteiger partial charge in [0.05, 0.1) is 6.61 Å². The second-order valence-corrected chi connectivity index (χ2v) is 7.31. The molecule has 0 bridgehead atoms. The molecule has 1 saturated carbocycles. The van der Waals surface area contributed by atoms with Gasteiger partial charge < -0.3 is 10.5 Å². The minimum atomic E-state index is 0.186. The molecule has 106 valence electrons. The smallest absolute Gasteiger partial charge is 0.0593 e. The summed E-state index contributed by atoms with van der Waals surface area (Å²) >= 11 is 2.07. The molecule has 2 aliphatic rings. The molecule has 0 radical (unpaired) electrons. The summed E-state index contributed by atoms with van der Waals surface area (Å²) in [6.45, 7) is 5.92. The molecule has 18 heavy (non-hydrogen) atoms. The summed E-state index contributed by atoms with van der Waals surface area (Å²) in [4.78, 5) is 2.46. The van der Waals surface area contributed by atoms with Crippen LogP contribution in [-0.4, -0.2) is 54.8 Å². The Morgan fingerprint density at radius 3 is 2.83 bits per heavy atom. The summed E-state index contributed by atoms with van der Waals surface area (Å²) in [6, 6.07) is 0. The Morgan fingerprint density at radius 1 is 1.44 bits per heavy atom. The van der Waals surface area contributed by atoms with Crippen molar-refractivity contribution in [3.63, 3.8) is 0 Å². The third-order valence-electron chi connectivity index (χ3n) is 4.61. The van der Waals surface area contributed by atoms with Gasteiger partial charge >= 0.3 is 0 Å². The van der Waals surface area contributed by atoms with Crippen molar-refractivity contribution in [3.8, 4) is 0 Å². The molecule has 2 unspecified atom stereocenters. The number of nitrogens with two attached hydrogens (primary N) is 1. The molecule has 3 nitrogen and oxygen atoms in total. The number of hydrogen-bond donors (Lipinski definition) is 1. The predicted molar refractivity (Wildman–Crippen MR) is 79.1 cm³/mol. The van der Waals surface area contributed by atoms with Crippen molar-refractivity contribution in [2.24, 2.45) is 11.7 Å². The van der Waals surface area contributed by atoms with Crippen molar-refractivity contribution in [2.75, 3.05) is 39.1 Å². The minimum absolute atomic E-state index is 0.186. The van der Waals surface area contributed by atoms with Crippen LogP contribution in [0.3, 0.4) is 0 Å². The number of rotatable bonds is 7. The molecule has 4 heteroatoms. The van der Waals surface area contributed by atoms with Gasteiger partial charge in [0.25, 0.3) is 0 Å². The second kappa shape index (κ2) is 6.60. The Kier molecular flexibility index (Phi) is 5.36. The Labute approximate surface area is 116 Å². The highest BCUT2D eigenvalue weighted by Gasteiger charge is 2.40. The summed E-state index contributed by atoms with van der Waals surface area (Å²) in [5.74, 6) is 2.15. The fourth-order valence-corrected chi connectivity index (χ4v) is 4.25. The first-order chi connectivity index (χ1) is 8.69. The summed E-state index contributed by atoms with van der Waals surface area (Å²) in [5, 5.41) is 0.629. The van der Waals surface area contributed by atoms with E-state index in [0.29, 0.717) is 5.25 Å². The topological polar surface area (TPSA) is 38.5 Å². The van der Waals surface area contributed by atoms with Gasteiger partial charge in [0.15, 0.2) is 0 Å². The van der Waals surface area contributed by atoms with Crippen LogP contribution in [0.5, 0.6) is 0 Å². The average molecular weight is 272 g/mol. The molecule has 2 rings (SSSR count). The largest absolute Gasteiger partial charge is 0.380 e. The van der Waals surface area contributed by atoms with E-state index < -0.39 is 0 Å². The molecule has 2 fully saturated rings. The van der Waals surface area contributed by atoms with E-state index in [9.17, 15) is 0 Å². The number of hydrogen-bond acceptors (Lipinski definition) is 4. The summed E-state index contributed by atoms with van der Waals surface area (Å²) < 4.78 is 5.75. The van der Waals surface area contributed by atoms with Crippen molar-refractivity contribution < 1.29 is 4.74 Å². The first-order valence-electron chi connectivity index (χ1n) is 7.29. The molecule has 1 saturated heterocycles. The Morgan fingerprint density at radius 2 is 2.22 bits per heavy atom. The zero-order valence-electron chi connectivity index (χ0n) is 11.9. The van der Waals surface area contributed by atoms with E-state index in [1.54, 1.807) is 0 Å². The van der Waals surface area contributed by atoms with Gasteiger partial charge in [-0.15, -0.1) is 0 Å². The monoisotopic (exact) mass is 272 g/mol. The molecule has 1 aliphatic carbocycles. The van der Waals surface area contributed by atoms with Crippen molar-refractivity contribution in [1.82, 2.24) is 4.90 Å². The number of nitrogens with zero attached hydrogens (tertiary/aromatic N) is 1. The lowest BCUT2D eigenvalue weighted by molar-refractivity contribution is 0.0532. The van der Waals surface area contributed by atoms with Gasteiger partial charge in [-0.1, -0.05) is 6.92 Å². The highest BCUT2D eigenvalue weighted by atomic mass is 32.2. The maximum absolute atomic E-state index is 6.10. The molecule has 0 amide bonds. The zero-order chi connectivity index (χ0) is 13.0. The lowest BCUT2D eigenvalue weighted by Gasteiger charge is -2.48. The molecular weight excluding hydrogens is 244 g/mol. The highest BCUT2D eigenvalue weighted by molar-refractivity contribution is 8.00. The standard InChI is InChI=1S/C14H28N2OS/c1-12-14(11-15,6-3-9-18-12)16(2)7-8-17-10-13-4-5-13/h12-13H,3-11,15H2,1-2H3. The van der Waals surface area contributed by atoms with Crippen molar-refractivity contribution in [3.05, 3.63) is 0 Å². The van der Waals surface area contributed by atoms with Crippen LogP contribution in [0.1, 0.15) is 32.6 Å². The molecule has 2 atom stereocenters. The highest BCUT2D eigenvalue weighted by Crippen LogP contribution is 2.37. The normalized spacial score (nSPS) is 33.0.